The second-order valence-corrected chi connectivity index (χ2v) is 4.08. The van der Waals surface area contributed by atoms with Gasteiger partial charge in [0.05, 0.1) is 16.8 Å². The van der Waals surface area contributed by atoms with Crippen LogP contribution in [-0.4, -0.2) is 19.1 Å². The van der Waals surface area contributed by atoms with Crippen molar-refractivity contribution in [2.45, 2.75) is 12.6 Å². The van der Waals surface area contributed by atoms with Crippen LogP contribution in [0.15, 0.2) is 18.2 Å². The molecular weight excluding hydrogens is 259 g/mol. The molecule has 0 aromatic heterocycles. The lowest BCUT2D eigenvalue weighted by atomic mass is 10.1. The molecule has 1 aromatic rings. The molecule has 1 heterocycles. The van der Waals surface area contributed by atoms with Gasteiger partial charge in [-0.2, -0.15) is 18.4 Å². The fraction of sp³-hybridized carbons (Fsp3) is 0.333. The van der Waals surface area contributed by atoms with Crippen LogP contribution in [0.2, 0.25) is 0 Å². The van der Waals surface area contributed by atoms with E-state index in [4.69, 9.17) is 5.26 Å². The Morgan fingerprint density at radius 2 is 2.11 bits per heavy atom. The first-order chi connectivity index (χ1) is 8.93. The van der Waals surface area contributed by atoms with E-state index in [0.717, 1.165) is 18.2 Å². The number of anilines is 1. The van der Waals surface area contributed by atoms with Crippen LogP contribution >= 0.6 is 0 Å². The summed E-state index contributed by atoms with van der Waals surface area (Å²) in [5.41, 5.74) is -0.857. The zero-order valence-electron chi connectivity index (χ0n) is 9.79. The lowest BCUT2D eigenvalue weighted by Gasteiger charge is -2.28. The molecule has 1 aliphatic rings. The Labute approximate surface area is 107 Å². The van der Waals surface area contributed by atoms with Gasteiger partial charge in [-0.05, 0) is 24.6 Å². The summed E-state index contributed by atoms with van der Waals surface area (Å²) in [6, 6.07) is 4.10. The second-order valence-electron chi connectivity index (χ2n) is 4.08. The fourth-order valence-electron chi connectivity index (χ4n) is 1.90. The number of nitrogens with zero attached hydrogens (tertiary/aromatic N) is 2. The van der Waals surface area contributed by atoms with Gasteiger partial charge in [-0.1, -0.05) is 0 Å². The maximum absolute atomic E-state index is 12.6. The molecular formula is C12H10F3N3O. The summed E-state index contributed by atoms with van der Waals surface area (Å²) in [5.74, 6) is 0. The Morgan fingerprint density at radius 3 is 2.68 bits per heavy atom. The van der Waals surface area contributed by atoms with Gasteiger partial charge in [-0.15, -0.1) is 0 Å². The third-order valence-corrected chi connectivity index (χ3v) is 2.82. The molecule has 1 N–H and O–H groups in total. The Bertz CT molecular complexity index is 548. The summed E-state index contributed by atoms with van der Waals surface area (Å²) in [7, 11) is 0. The molecule has 1 aliphatic heterocycles. The summed E-state index contributed by atoms with van der Waals surface area (Å²) >= 11 is 0. The number of nitrogens with one attached hydrogen (secondary N) is 1. The molecule has 0 radical (unpaired) electrons. The number of nitriles is 1. The summed E-state index contributed by atoms with van der Waals surface area (Å²) < 4.78 is 37.7. The maximum Gasteiger partial charge on any atom is 0.416 e. The molecule has 19 heavy (non-hydrogen) atoms. The molecule has 2 rings (SSSR count). The van der Waals surface area contributed by atoms with Gasteiger partial charge in [0, 0.05) is 13.1 Å². The lowest BCUT2D eigenvalue weighted by molar-refractivity contribution is -0.137. The number of alkyl halides is 3. The zero-order valence-corrected chi connectivity index (χ0v) is 9.79. The van der Waals surface area contributed by atoms with Gasteiger partial charge in [0.25, 0.3) is 0 Å². The summed E-state index contributed by atoms with van der Waals surface area (Å²) in [6.45, 7) is 0.906. The average molecular weight is 269 g/mol. The van der Waals surface area contributed by atoms with Crippen molar-refractivity contribution in [3.63, 3.8) is 0 Å². The average Bonchev–Trinajstić information content (AvgIpc) is 2.37. The normalized spacial score (nSPS) is 15.9. The fourth-order valence-corrected chi connectivity index (χ4v) is 1.90. The zero-order chi connectivity index (χ0) is 14.0. The highest BCUT2D eigenvalue weighted by molar-refractivity contribution is 5.94. The van der Waals surface area contributed by atoms with Crippen LogP contribution in [0.5, 0.6) is 0 Å². The van der Waals surface area contributed by atoms with E-state index >= 15 is 0 Å². The van der Waals surface area contributed by atoms with E-state index in [2.05, 4.69) is 5.32 Å². The van der Waals surface area contributed by atoms with Crippen molar-refractivity contribution in [1.82, 2.24) is 5.32 Å². The van der Waals surface area contributed by atoms with E-state index in [1.165, 1.54) is 4.90 Å². The van der Waals surface area contributed by atoms with E-state index in [1.807, 2.05) is 0 Å². The molecule has 0 saturated carbocycles. The number of benzene rings is 1. The van der Waals surface area contributed by atoms with E-state index in [1.54, 1.807) is 6.07 Å². The number of carbonyl (C=O) groups excluding carboxylic acids is 1. The van der Waals surface area contributed by atoms with Crippen molar-refractivity contribution in [3.05, 3.63) is 29.3 Å². The lowest BCUT2D eigenvalue weighted by Crippen LogP contribution is -2.46. The molecule has 1 fully saturated rings. The quantitative estimate of drug-likeness (QED) is 0.851. The van der Waals surface area contributed by atoms with E-state index in [-0.39, 0.29) is 11.3 Å². The highest BCUT2D eigenvalue weighted by atomic mass is 19.4. The number of amides is 2. The molecule has 1 saturated heterocycles. The minimum Gasteiger partial charge on any atom is -0.338 e. The monoisotopic (exact) mass is 269 g/mol. The summed E-state index contributed by atoms with van der Waals surface area (Å²) in [6.07, 6.45) is -3.83. The Morgan fingerprint density at radius 1 is 1.37 bits per heavy atom. The van der Waals surface area contributed by atoms with Crippen LogP contribution in [0.1, 0.15) is 17.5 Å². The van der Waals surface area contributed by atoms with Crippen molar-refractivity contribution in [2.75, 3.05) is 18.0 Å². The first kappa shape index (κ1) is 13.2. The molecule has 1 aromatic carbocycles. The van der Waals surface area contributed by atoms with Crippen molar-refractivity contribution >= 4 is 11.7 Å². The summed E-state index contributed by atoms with van der Waals surface area (Å²) in [4.78, 5) is 12.9. The van der Waals surface area contributed by atoms with Crippen LogP contribution in [-0.2, 0) is 6.18 Å². The smallest absolute Gasteiger partial charge is 0.338 e. The first-order valence-corrected chi connectivity index (χ1v) is 5.60. The van der Waals surface area contributed by atoms with Crippen molar-refractivity contribution in [2.24, 2.45) is 0 Å². The molecule has 0 aliphatic carbocycles. The number of halogens is 3. The Hall–Kier alpha value is -2.23. The largest absolute Gasteiger partial charge is 0.416 e. The highest BCUT2D eigenvalue weighted by Crippen LogP contribution is 2.33. The number of rotatable bonds is 1. The summed E-state index contributed by atoms with van der Waals surface area (Å²) in [5, 5.41) is 11.5. The Balaban J connectivity index is 2.42. The minimum atomic E-state index is -4.51. The number of hydrogen-bond donors (Lipinski definition) is 1. The molecule has 2 amide bonds. The molecule has 0 unspecified atom stereocenters. The standard InChI is InChI=1S/C12H10F3N3O/c13-12(14,15)9-2-3-10(8(6-9)7-16)18-5-1-4-17-11(18)19/h2-3,6H,1,4-5H2,(H,17,19). The van der Waals surface area contributed by atoms with Crippen LogP contribution < -0.4 is 10.2 Å². The third-order valence-electron chi connectivity index (χ3n) is 2.82. The Kier molecular flexibility index (Phi) is 3.34. The van der Waals surface area contributed by atoms with Gasteiger partial charge in [0.15, 0.2) is 0 Å². The number of hydrogen-bond acceptors (Lipinski definition) is 2. The van der Waals surface area contributed by atoms with E-state index in [9.17, 15) is 18.0 Å². The van der Waals surface area contributed by atoms with Gasteiger partial charge in [0.2, 0.25) is 0 Å². The molecule has 4 nitrogen and oxygen atoms in total. The second kappa shape index (κ2) is 4.80. The van der Waals surface area contributed by atoms with E-state index < -0.39 is 17.8 Å². The molecule has 0 atom stereocenters. The van der Waals surface area contributed by atoms with Crippen LogP contribution in [0.3, 0.4) is 0 Å². The van der Waals surface area contributed by atoms with Crippen LogP contribution in [0, 0.1) is 11.3 Å². The van der Waals surface area contributed by atoms with Gasteiger partial charge in [-0.3, -0.25) is 4.90 Å². The molecule has 7 heteroatoms. The van der Waals surface area contributed by atoms with Crippen molar-refractivity contribution in [3.8, 4) is 6.07 Å². The van der Waals surface area contributed by atoms with Gasteiger partial charge in [0.1, 0.15) is 6.07 Å². The number of carbonyl (C=O) groups is 1. The van der Waals surface area contributed by atoms with Gasteiger partial charge >= 0.3 is 12.2 Å². The molecule has 0 bridgehead atoms. The predicted molar refractivity (Wildman–Crippen MR) is 61.5 cm³/mol. The van der Waals surface area contributed by atoms with Gasteiger partial charge < -0.3 is 5.32 Å². The van der Waals surface area contributed by atoms with Crippen LogP contribution in [0.4, 0.5) is 23.7 Å². The maximum atomic E-state index is 12.6. The SMILES string of the molecule is N#Cc1cc(C(F)(F)F)ccc1N1CCCNC1=O. The van der Waals surface area contributed by atoms with Crippen molar-refractivity contribution < 1.29 is 18.0 Å². The van der Waals surface area contributed by atoms with Gasteiger partial charge in [-0.25, -0.2) is 4.79 Å². The first-order valence-electron chi connectivity index (χ1n) is 5.60. The molecule has 100 valence electrons. The van der Waals surface area contributed by atoms with E-state index in [0.29, 0.717) is 19.5 Å². The third kappa shape index (κ3) is 2.62. The van der Waals surface area contributed by atoms with Crippen molar-refractivity contribution in [1.29, 1.82) is 5.26 Å². The number of urea groups is 1. The minimum absolute atomic E-state index is 0.160. The predicted octanol–water partition coefficient (Wildman–Crippen LogP) is 2.50. The topological polar surface area (TPSA) is 56.1 Å². The highest BCUT2D eigenvalue weighted by Gasteiger charge is 2.32. The van der Waals surface area contributed by atoms with Crippen LogP contribution in [0.25, 0.3) is 0 Å². The molecule has 0 spiro atoms.